The summed E-state index contributed by atoms with van der Waals surface area (Å²) in [5.74, 6) is 0.0488. The predicted molar refractivity (Wildman–Crippen MR) is 63.2 cm³/mol. The molecular formula is C11H12N2O2S. The second kappa shape index (κ2) is 3.31. The Kier molecular flexibility index (Phi) is 2.04. The SMILES string of the molecule is O=Cc1scc2c1NC1(CCCC1)C(=O)N2. The first-order valence-electron chi connectivity index (χ1n) is 5.41. The van der Waals surface area contributed by atoms with Gasteiger partial charge >= 0.3 is 0 Å². The largest absolute Gasteiger partial charge is 0.368 e. The molecule has 1 aromatic rings. The van der Waals surface area contributed by atoms with Crippen LogP contribution >= 0.6 is 11.3 Å². The lowest BCUT2D eigenvalue weighted by Gasteiger charge is -2.34. The van der Waals surface area contributed by atoms with Crippen molar-refractivity contribution in [3.63, 3.8) is 0 Å². The summed E-state index contributed by atoms with van der Waals surface area (Å²) in [6.45, 7) is 0. The predicted octanol–water partition coefficient (Wildman–Crippen LogP) is 2.24. The van der Waals surface area contributed by atoms with Gasteiger partial charge in [0.2, 0.25) is 5.91 Å². The fraction of sp³-hybridized carbons (Fsp3) is 0.455. The van der Waals surface area contributed by atoms with Gasteiger partial charge < -0.3 is 10.6 Å². The van der Waals surface area contributed by atoms with Crippen LogP contribution in [0.1, 0.15) is 35.4 Å². The van der Waals surface area contributed by atoms with E-state index in [-0.39, 0.29) is 5.91 Å². The third-order valence-corrected chi connectivity index (χ3v) is 4.34. The van der Waals surface area contributed by atoms with Gasteiger partial charge in [0.25, 0.3) is 0 Å². The van der Waals surface area contributed by atoms with E-state index in [2.05, 4.69) is 10.6 Å². The van der Waals surface area contributed by atoms with Gasteiger partial charge in [0.05, 0.1) is 16.3 Å². The van der Waals surface area contributed by atoms with Crippen LogP contribution in [-0.4, -0.2) is 17.7 Å². The summed E-state index contributed by atoms with van der Waals surface area (Å²) in [6, 6.07) is 0. The van der Waals surface area contributed by atoms with E-state index in [1.165, 1.54) is 11.3 Å². The van der Waals surface area contributed by atoms with Crippen LogP contribution in [0.4, 0.5) is 11.4 Å². The van der Waals surface area contributed by atoms with E-state index >= 15 is 0 Å². The van der Waals surface area contributed by atoms with Crippen LogP contribution in [0.25, 0.3) is 0 Å². The number of hydrogen-bond acceptors (Lipinski definition) is 4. The van der Waals surface area contributed by atoms with Crippen molar-refractivity contribution in [3.05, 3.63) is 10.3 Å². The van der Waals surface area contributed by atoms with Crippen LogP contribution in [0.3, 0.4) is 0 Å². The molecule has 2 heterocycles. The Bertz CT molecular complexity index is 461. The standard InChI is InChI=1S/C11H12N2O2S/c14-5-8-9-7(6-16-8)12-10(15)11(13-9)3-1-2-4-11/h5-6,13H,1-4H2,(H,12,15). The zero-order valence-electron chi connectivity index (χ0n) is 8.71. The molecule has 1 aliphatic heterocycles. The van der Waals surface area contributed by atoms with E-state index in [1.54, 1.807) is 0 Å². The number of carbonyl (C=O) groups excluding carboxylic acids is 2. The van der Waals surface area contributed by atoms with E-state index in [0.717, 1.165) is 43.3 Å². The van der Waals surface area contributed by atoms with Gasteiger partial charge in [0.1, 0.15) is 5.54 Å². The molecule has 3 rings (SSSR count). The van der Waals surface area contributed by atoms with Gasteiger partial charge in [-0.2, -0.15) is 0 Å². The molecule has 0 saturated heterocycles. The summed E-state index contributed by atoms with van der Waals surface area (Å²) < 4.78 is 0. The molecule has 2 aliphatic rings. The minimum atomic E-state index is -0.466. The molecular weight excluding hydrogens is 224 g/mol. The highest BCUT2D eigenvalue weighted by molar-refractivity contribution is 7.13. The lowest BCUT2D eigenvalue weighted by atomic mass is 9.93. The van der Waals surface area contributed by atoms with Crippen molar-refractivity contribution in [2.75, 3.05) is 10.6 Å². The van der Waals surface area contributed by atoms with Gasteiger partial charge in [0.15, 0.2) is 6.29 Å². The molecule has 0 aromatic carbocycles. The summed E-state index contributed by atoms with van der Waals surface area (Å²) >= 11 is 1.36. The van der Waals surface area contributed by atoms with Crippen LogP contribution in [-0.2, 0) is 4.79 Å². The Labute approximate surface area is 97.0 Å². The summed E-state index contributed by atoms with van der Waals surface area (Å²) in [7, 11) is 0. The smallest absolute Gasteiger partial charge is 0.250 e. The average Bonchev–Trinajstić information content (AvgIpc) is 2.88. The molecule has 0 atom stereocenters. The third-order valence-electron chi connectivity index (χ3n) is 3.43. The monoisotopic (exact) mass is 236 g/mol. The van der Waals surface area contributed by atoms with Crippen LogP contribution in [0, 0.1) is 0 Å². The van der Waals surface area contributed by atoms with Gasteiger partial charge in [-0.15, -0.1) is 11.3 Å². The van der Waals surface area contributed by atoms with Gasteiger partial charge in [-0.05, 0) is 12.8 Å². The Balaban J connectivity index is 2.04. The molecule has 2 N–H and O–H groups in total. The number of anilines is 2. The normalized spacial score (nSPS) is 21.4. The molecule has 0 bridgehead atoms. The average molecular weight is 236 g/mol. The van der Waals surface area contributed by atoms with Gasteiger partial charge in [-0.1, -0.05) is 12.8 Å². The number of rotatable bonds is 1. The molecule has 1 spiro atoms. The van der Waals surface area contributed by atoms with Crippen molar-refractivity contribution >= 4 is 34.9 Å². The third kappa shape index (κ3) is 1.21. The van der Waals surface area contributed by atoms with Gasteiger partial charge in [0, 0.05) is 5.38 Å². The number of fused-ring (bicyclic) bond motifs is 1. The van der Waals surface area contributed by atoms with E-state index < -0.39 is 5.54 Å². The highest BCUT2D eigenvalue weighted by Gasteiger charge is 2.45. The molecule has 1 fully saturated rings. The maximum Gasteiger partial charge on any atom is 0.250 e. The highest BCUT2D eigenvalue weighted by atomic mass is 32.1. The zero-order chi connectivity index (χ0) is 11.2. The minimum absolute atomic E-state index is 0.0488. The van der Waals surface area contributed by atoms with E-state index in [1.807, 2.05) is 5.38 Å². The Morgan fingerprint density at radius 1 is 1.38 bits per heavy atom. The molecule has 5 heteroatoms. The molecule has 1 aromatic heterocycles. The zero-order valence-corrected chi connectivity index (χ0v) is 9.52. The van der Waals surface area contributed by atoms with E-state index in [9.17, 15) is 9.59 Å². The fourth-order valence-electron chi connectivity index (χ4n) is 2.55. The van der Waals surface area contributed by atoms with Gasteiger partial charge in [-0.25, -0.2) is 0 Å². The molecule has 4 nitrogen and oxygen atoms in total. The van der Waals surface area contributed by atoms with Crippen molar-refractivity contribution in [2.24, 2.45) is 0 Å². The Morgan fingerprint density at radius 2 is 2.12 bits per heavy atom. The Morgan fingerprint density at radius 3 is 2.81 bits per heavy atom. The van der Waals surface area contributed by atoms with Crippen LogP contribution in [0.5, 0.6) is 0 Å². The second-order valence-corrected chi connectivity index (χ2v) is 5.29. The summed E-state index contributed by atoms with van der Waals surface area (Å²) in [6.07, 6.45) is 4.68. The van der Waals surface area contributed by atoms with Crippen molar-refractivity contribution in [3.8, 4) is 0 Å². The number of thiophene rings is 1. The first kappa shape index (κ1) is 9.84. The second-order valence-electron chi connectivity index (χ2n) is 4.37. The first-order chi connectivity index (χ1) is 7.75. The quantitative estimate of drug-likeness (QED) is 0.735. The van der Waals surface area contributed by atoms with Crippen LogP contribution in [0.2, 0.25) is 0 Å². The van der Waals surface area contributed by atoms with Crippen LogP contribution in [0.15, 0.2) is 5.38 Å². The van der Waals surface area contributed by atoms with E-state index in [4.69, 9.17) is 0 Å². The molecule has 0 radical (unpaired) electrons. The lowest BCUT2D eigenvalue weighted by molar-refractivity contribution is -0.120. The number of nitrogens with one attached hydrogen (secondary N) is 2. The maximum atomic E-state index is 12.0. The molecule has 1 aliphatic carbocycles. The number of amides is 1. The Hall–Kier alpha value is -1.36. The van der Waals surface area contributed by atoms with E-state index in [0.29, 0.717) is 4.88 Å². The van der Waals surface area contributed by atoms with Crippen molar-refractivity contribution in [1.29, 1.82) is 0 Å². The summed E-state index contributed by atoms with van der Waals surface area (Å²) in [4.78, 5) is 23.6. The van der Waals surface area contributed by atoms with Crippen molar-refractivity contribution < 1.29 is 9.59 Å². The molecule has 16 heavy (non-hydrogen) atoms. The summed E-state index contributed by atoms with van der Waals surface area (Å²) in [5.41, 5.74) is 1.09. The molecule has 84 valence electrons. The molecule has 1 amide bonds. The first-order valence-corrected chi connectivity index (χ1v) is 6.29. The fourth-order valence-corrected chi connectivity index (χ4v) is 3.31. The molecule has 0 unspecified atom stereocenters. The van der Waals surface area contributed by atoms with Crippen molar-refractivity contribution in [1.82, 2.24) is 0 Å². The minimum Gasteiger partial charge on any atom is -0.368 e. The summed E-state index contributed by atoms with van der Waals surface area (Å²) in [5, 5.41) is 8.00. The van der Waals surface area contributed by atoms with Crippen molar-refractivity contribution in [2.45, 2.75) is 31.2 Å². The number of hydrogen-bond donors (Lipinski definition) is 2. The molecule has 1 saturated carbocycles. The maximum absolute atomic E-state index is 12.0. The lowest BCUT2D eigenvalue weighted by Crippen LogP contribution is -2.50. The highest BCUT2D eigenvalue weighted by Crippen LogP contribution is 2.43. The topological polar surface area (TPSA) is 58.2 Å². The van der Waals surface area contributed by atoms with Gasteiger partial charge in [-0.3, -0.25) is 9.59 Å². The van der Waals surface area contributed by atoms with Crippen LogP contribution < -0.4 is 10.6 Å². The number of carbonyl (C=O) groups is 2. The number of aldehydes is 1.